The molecular weight excluding hydrogens is 268 g/mol. The lowest BCUT2D eigenvalue weighted by Gasteiger charge is -2.12. The van der Waals surface area contributed by atoms with Gasteiger partial charge in [0.05, 0.1) is 6.10 Å². The number of unbranched alkanes of at least 4 members (excludes halogenated alkanes) is 2. The van der Waals surface area contributed by atoms with E-state index in [9.17, 15) is 14.7 Å². The molecule has 21 heavy (non-hydrogen) atoms. The highest BCUT2D eigenvalue weighted by molar-refractivity contribution is 5.91. The summed E-state index contributed by atoms with van der Waals surface area (Å²) in [5, 5.41) is 15.2. The average Bonchev–Trinajstić information content (AvgIpc) is 2.42. The summed E-state index contributed by atoms with van der Waals surface area (Å²) in [5.74, 6) is -0.0786. The fraction of sp³-hybridized carbons (Fsp3) is 0.500. The maximum atomic E-state index is 11.9. The number of rotatable bonds is 8. The highest BCUT2D eigenvalue weighted by Crippen LogP contribution is 2.22. The van der Waals surface area contributed by atoms with E-state index in [1.165, 1.54) is 6.92 Å². The molecule has 1 rings (SSSR count). The van der Waals surface area contributed by atoms with E-state index in [2.05, 4.69) is 10.6 Å². The van der Waals surface area contributed by atoms with Gasteiger partial charge < -0.3 is 15.7 Å². The van der Waals surface area contributed by atoms with Crippen molar-refractivity contribution in [1.29, 1.82) is 0 Å². The summed E-state index contributed by atoms with van der Waals surface area (Å²) >= 11 is 0. The minimum atomic E-state index is -0.612. The summed E-state index contributed by atoms with van der Waals surface area (Å²) in [6, 6.07) is 7.25. The first-order valence-corrected chi connectivity index (χ1v) is 7.32. The van der Waals surface area contributed by atoms with Crippen LogP contribution in [0.3, 0.4) is 0 Å². The van der Waals surface area contributed by atoms with Gasteiger partial charge in [0.15, 0.2) is 0 Å². The molecule has 0 saturated heterocycles. The molecule has 2 amide bonds. The van der Waals surface area contributed by atoms with Gasteiger partial charge in [-0.25, -0.2) is 0 Å². The highest BCUT2D eigenvalue weighted by atomic mass is 16.3. The molecule has 5 heteroatoms. The number of amides is 2. The van der Waals surface area contributed by atoms with Gasteiger partial charge in [-0.1, -0.05) is 24.6 Å². The van der Waals surface area contributed by atoms with E-state index in [1.54, 1.807) is 19.1 Å². The van der Waals surface area contributed by atoms with Crippen LogP contribution in [0.1, 0.15) is 51.2 Å². The third kappa shape index (κ3) is 6.90. The van der Waals surface area contributed by atoms with Crippen LogP contribution in [0.2, 0.25) is 0 Å². The van der Waals surface area contributed by atoms with E-state index in [0.29, 0.717) is 18.7 Å². The fourth-order valence-corrected chi connectivity index (χ4v) is 2.04. The summed E-state index contributed by atoms with van der Waals surface area (Å²) in [6.07, 6.45) is 2.37. The summed E-state index contributed by atoms with van der Waals surface area (Å²) in [5.41, 5.74) is 1.38. The van der Waals surface area contributed by atoms with E-state index < -0.39 is 6.10 Å². The molecule has 0 aromatic heterocycles. The number of para-hydroxylation sites is 1. The largest absolute Gasteiger partial charge is 0.389 e. The topological polar surface area (TPSA) is 78.4 Å². The number of anilines is 1. The van der Waals surface area contributed by atoms with Gasteiger partial charge in [-0.2, -0.15) is 0 Å². The highest BCUT2D eigenvalue weighted by Gasteiger charge is 2.09. The molecule has 3 N–H and O–H groups in total. The lowest BCUT2D eigenvalue weighted by molar-refractivity contribution is -0.119. The van der Waals surface area contributed by atoms with Crippen molar-refractivity contribution >= 4 is 17.5 Å². The van der Waals surface area contributed by atoms with Crippen LogP contribution < -0.4 is 10.6 Å². The first-order valence-electron chi connectivity index (χ1n) is 7.32. The second kappa shape index (κ2) is 9.13. The number of aliphatic hydroxyl groups excluding tert-OH is 1. The number of carbonyl (C=O) groups is 2. The van der Waals surface area contributed by atoms with Gasteiger partial charge in [0, 0.05) is 31.1 Å². The second-order valence-electron chi connectivity index (χ2n) is 5.11. The molecule has 0 saturated carbocycles. The van der Waals surface area contributed by atoms with E-state index in [-0.39, 0.29) is 11.8 Å². The Morgan fingerprint density at radius 1 is 1.19 bits per heavy atom. The number of hydrogen-bond acceptors (Lipinski definition) is 3. The molecule has 0 aliphatic heterocycles. The number of aliphatic hydroxyl groups is 1. The zero-order chi connectivity index (χ0) is 15.7. The van der Waals surface area contributed by atoms with Crippen molar-refractivity contribution in [3.63, 3.8) is 0 Å². The summed E-state index contributed by atoms with van der Waals surface area (Å²) in [6.45, 7) is 3.82. The van der Waals surface area contributed by atoms with Crippen molar-refractivity contribution in [2.75, 3.05) is 11.9 Å². The molecule has 1 unspecified atom stereocenters. The number of hydrogen-bond donors (Lipinski definition) is 3. The molecule has 1 aromatic carbocycles. The molecule has 0 fully saturated rings. The minimum Gasteiger partial charge on any atom is -0.389 e. The zero-order valence-electron chi connectivity index (χ0n) is 12.7. The minimum absolute atomic E-state index is 0.0255. The third-order valence-electron chi connectivity index (χ3n) is 3.14. The second-order valence-corrected chi connectivity index (χ2v) is 5.11. The van der Waals surface area contributed by atoms with Gasteiger partial charge >= 0.3 is 0 Å². The van der Waals surface area contributed by atoms with Crippen LogP contribution in [0, 0.1) is 0 Å². The Kier molecular flexibility index (Phi) is 7.46. The molecule has 0 aliphatic carbocycles. The van der Waals surface area contributed by atoms with Crippen molar-refractivity contribution in [2.24, 2.45) is 0 Å². The molecule has 1 aromatic rings. The van der Waals surface area contributed by atoms with Crippen LogP contribution in [0.4, 0.5) is 5.69 Å². The van der Waals surface area contributed by atoms with Crippen molar-refractivity contribution < 1.29 is 14.7 Å². The third-order valence-corrected chi connectivity index (χ3v) is 3.14. The Hall–Kier alpha value is -1.88. The number of nitrogens with one attached hydrogen (secondary N) is 2. The Balaban J connectivity index is 2.29. The molecule has 0 bridgehead atoms. The SMILES string of the molecule is CC(=O)NCCCCCC(=O)Nc1ccccc1C(C)O. The Morgan fingerprint density at radius 2 is 1.90 bits per heavy atom. The predicted octanol–water partition coefficient (Wildman–Crippen LogP) is 2.37. The van der Waals surface area contributed by atoms with Gasteiger partial charge in [-0.15, -0.1) is 0 Å². The normalized spacial score (nSPS) is 11.8. The van der Waals surface area contributed by atoms with Crippen molar-refractivity contribution in [3.8, 4) is 0 Å². The smallest absolute Gasteiger partial charge is 0.224 e. The molecule has 0 heterocycles. The number of benzene rings is 1. The first kappa shape index (κ1) is 17.2. The van der Waals surface area contributed by atoms with Crippen molar-refractivity contribution in [3.05, 3.63) is 29.8 Å². The van der Waals surface area contributed by atoms with Gasteiger partial charge in [-0.3, -0.25) is 9.59 Å². The van der Waals surface area contributed by atoms with Crippen LogP contribution in [0.5, 0.6) is 0 Å². The standard InChI is InChI=1S/C16H24N2O3/c1-12(19)14-8-5-6-9-15(14)18-16(21)10-4-3-7-11-17-13(2)20/h5-6,8-9,12,19H,3-4,7,10-11H2,1-2H3,(H,17,20)(H,18,21). The van der Waals surface area contributed by atoms with E-state index in [1.807, 2.05) is 12.1 Å². The maximum Gasteiger partial charge on any atom is 0.224 e. The molecule has 0 spiro atoms. The molecule has 1 atom stereocenters. The summed E-state index contributed by atoms with van der Waals surface area (Å²) < 4.78 is 0. The average molecular weight is 292 g/mol. The van der Waals surface area contributed by atoms with Crippen LogP contribution in [0.15, 0.2) is 24.3 Å². The van der Waals surface area contributed by atoms with Crippen molar-refractivity contribution in [1.82, 2.24) is 5.32 Å². The summed E-state index contributed by atoms with van der Waals surface area (Å²) in [7, 11) is 0. The van der Waals surface area contributed by atoms with Gasteiger partial charge in [0.1, 0.15) is 0 Å². The van der Waals surface area contributed by atoms with Gasteiger partial charge in [0.2, 0.25) is 11.8 Å². The lowest BCUT2D eigenvalue weighted by Crippen LogP contribution is -2.20. The molecule has 5 nitrogen and oxygen atoms in total. The van der Waals surface area contributed by atoms with E-state index in [0.717, 1.165) is 24.8 Å². The Labute approximate surface area is 125 Å². The molecular formula is C16H24N2O3. The predicted molar refractivity (Wildman–Crippen MR) is 82.9 cm³/mol. The first-order chi connectivity index (χ1) is 10.0. The lowest BCUT2D eigenvalue weighted by atomic mass is 10.1. The van der Waals surface area contributed by atoms with Crippen molar-refractivity contribution in [2.45, 2.75) is 45.6 Å². The van der Waals surface area contributed by atoms with Crippen LogP contribution in [-0.4, -0.2) is 23.5 Å². The quantitative estimate of drug-likeness (QED) is 0.644. The Bertz CT molecular complexity index is 472. The van der Waals surface area contributed by atoms with Gasteiger partial charge in [0.25, 0.3) is 0 Å². The molecule has 116 valence electrons. The van der Waals surface area contributed by atoms with Crippen LogP contribution in [0.25, 0.3) is 0 Å². The van der Waals surface area contributed by atoms with E-state index >= 15 is 0 Å². The molecule has 0 aliphatic rings. The number of carbonyl (C=O) groups excluding carboxylic acids is 2. The zero-order valence-corrected chi connectivity index (χ0v) is 12.7. The Morgan fingerprint density at radius 3 is 2.57 bits per heavy atom. The van der Waals surface area contributed by atoms with Crippen LogP contribution >= 0.6 is 0 Å². The van der Waals surface area contributed by atoms with Crippen LogP contribution in [-0.2, 0) is 9.59 Å². The molecule has 0 radical (unpaired) electrons. The summed E-state index contributed by atoms with van der Waals surface area (Å²) in [4.78, 5) is 22.5. The van der Waals surface area contributed by atoms with Gasteiger partial charge in [-0.05, 0) is 25.8 Å². The fourth-order valence-electron chi connectivity index (χ4n) is 2.04. The maximum absolute atomic E-state index is 11.9. The van der Waals surface area contributed by atoms with E-state index in [4.69, 9.17) is 0 Å². The monoisotopic (exact) mass is 292 g/mol.